The summed E-state index contributed by atoms with van der Waals surface area (Å²) >= 11 is 0. The molecule has 1 unspecified atom stereocenters. The van der Waals surface area contributed by atoms with Crippen LogP contribution in [0.15, 0.2) is 24.3 Å². The number of para-hydroxylation sites is 1. The van der Waals surface area contributed by atoms with Crippen molar-refractivity contribution in [2.75, 3.05) is 19.7 Å². The monoisotopic (exact) mass is 277 g/mol. The second kappa shape index (κ2) is 9.82. The third-order valence-electron chi connectivity index (χ3n) is 3.62. The average Bonchev–Trinajstić information content (AvgIpc) is 2.45. The molecule has 0 radical (unpaired) electrons. The molecule has 0 bridgehead atoms. The van der Waals surface area contributed by atoms with Crippen LogP contribution in [0.3, 0.4) is 0 Å². The lowest BCUT2D eigenvalue weighted by atomic mass is 9.98. The molecule has 114 valence electrons. The molecule has 0 aliphatic carbocycles. The molecular formula is C18H31NO. The Balaban J connectivity index is 2.25. The fourth-order valence-corrected chi connectivity index (χ4v) is 2.16. The zero-order valence-electron chi connectivity index (χ0n) is 13.6. The Labute approximate surface area is 124 Å². The van der Waals surface area contributed by atoms with Gasteiger partial charge in [0.05, 0.1) is 6.61 Å². The Bertz CT molecular complexity index is 362. The van der Waals surface area contributed by atoms with Gasteiger partial charge in [0.2, 0.25) is 0 Å². The summed E-state index contributed by atoms with van der Waals surface area (Å²) in [5.74, 6) is 2.37. The van der Waals surface area contributed by atoms with Crippen molar-refractivity contribution in [3.8, 4) is 5.75 Å². The topological polar surface area (TPSA) is 21.3 Å². The summed E-state index contributed by atoms with van der Waals surface area (Å²) < 4.78 is 5.96. The number of hydrogen-bond acceptors (Lipinski definition) is 2. The van der Waals surface area contributed by atoms with E-state index in [1.54, 1.807) is 0 Å². The van der Waals surface area contributed by atoms with Crippen LogP contribution in [-0.2, 0) is 0 Å². The van der Waals surface area contributed by atoms with Crippen molar-refractivity contribution in [2.24, 2.45) is 5.92 Å². The molecule has 1 aromatic rings. The highest BCUT2D eigenvalue weighted by molar-refractivity contribution is 5.35. The quantitative estimate of drug-likeness (QED) is 0.631. The van der Waals surface area contributed by atoms with Gasteiger partial charge in [0, 0.05) is 0 Å². The van der Waals surface area contributed by atoms with Gasteiger partial charge in [-0.15, -0.1) is 0 Å². The van der Waals surface area contributed by atoms with E-state index < -0.39 is 0 Å². The van der Waals surface area contributed by atoms with E-state index in [0.29, 0.717) is 5.92 Å². The summed E-state index contributed by atoms with van der Waals surface area (Å²) in [6, 6.07) is 8.45. The van der Waals surface area contributed by atoms with Crippen LogP contribution >= 0.6 is 0 Å². The summed E-state index contributed by atoms with van der Waals surface area (Å²) in [5, 5.41) is 3.47. The van der Waals surface area contributed by atoms with E-state index in [4.69, 9.17) is 4.74 Å². The smallest absolute Gasteiger partial charge is 0.122 e. The van der Waals surface area contributed by atoms with Crippen molar-refractivity contribution < 1.29 is 4.74 Å². The first-order valence-electron chi connectivity index (χ1n) is 8.07. The molecule has 20 heavy (non-hydrogen) atoms. The molecule has 1 N–H and O–H groups in total. The zero-order valence-corrected chi connectivity index (χ0v) is 13.6. The van der Waals surface area contributed by atoms with Crippen molar-refractivity contribution in [3.63, 3.8) is 0 Å². The van der Waals surface area contributed by atoms with Crippen LogP contribution in [-0.4, -0.2) is 19.7 Å². The molecule has 0 heterocycles. The summed E-state index contributed by atoms with van der Waals surface area (Å²) in [4.78, 5) is 0. The van der Waals surface area contributed by atoms with Crippen LogP contribution in [0.2, 0.25) is 0 Å². The van der Waals surface area contributed by atoms with Crippen molar-refractivity contribution in [2.45, 2.75) is 52.9 Å². The minimum Gasteiger partial charge on any atom is -0.493 e. The molecule has 2 nitrogen and oxygen atoms in total. The Hall–Kier alpha value is -1.02. The molecule has 0 aliphatic rings. The number of benzene rings is 1. The van der Waals surface area contributed by atoms with Crippen LogP contribution in [0.1, 0.15) is 58.4 Å². The molecule has 0 fully saturated rings. The number of hydrogen-bond donors (Lipinski definition) is 1. The first kappa shape index (κ1) is 17.0. The van der Waals surface area contributed by atoms with Crippen molar-refractivity contribution >= 4 is 0 Å². The average molecular weight is 277 g/mol. The molecule has 0 saturated heterocycles. The van der Waals surface area contributed by atoms with Gasteiger partial charge in [-0.2, -0.15) is 0 Å². The van der Waals surface area contributed by atoms with Crippen molar-refractivity contribution in [1.29, 1.82) is 0 Å². The summed E-state index contributed by atoms with van der Waals surface area (Å²) in [7, 11) is 0. The maximum absolute atomic E-state index is 5.96. The SMILES string of the molecule is CCC(C)c1ccccc1OCCCCNCC(C)C. The number of rotatable bonds is 10. The van der Waals surface area contributed by atoms with Crippen LogP contribution in [0.5, 0.6) is 5.75 Å². The maximum Gasteiger partial charge on any atom is 0.122 e. The Morgan fingerprint density at radius 3 is 2.55 bits per heavy atom. The number of unbranched alkanes of at least 4 members (excludes halogenated alkanes) is 1. The molecule has 0 amide bonds. The normalized spacial score (nSPS) is 12.7. The maximum atomic E-state index is 5.96. The van der Waals surface area contributed by atoms with E-state index in [1.807, 2.05) is 0 Å². The standard InChI is InChI=1S/C18H31NO/c1-5-16(4)17-10-6-7-11-18(17)20-13-9-8-12-19-14-15(2)3/h6-7,10-11,15-16,19H,5,8-9,12-14H2,1-4H3. The van der Waals surface area contributed by atoms with E-state index in [0.717, 1.165) is 44.2 Å². The van der Waals surface area contributed by atoms with Gasteiger partial charge in [-0.3, -0.25) is 0 Å². The van der Waals surface area contributed by atoms with Crippen LogP contribution in [0.25, 0.3) is 0 Å². The van der Waals surface area contributed by atoms with Gasteiger partial charge in [0.25, 0.3) is 0 Å². The lowest BCUT2D eigenvalue weighted by molar-refractivity contribution is 0.301. The Morgan fingerprint density at radius 1 is 1.10 bits per heavy atom. The summed E-state index contributed by atoms with van der Waals surface area (Å²) in [6.45, 7) is 12.0. The Kier molecular flexibility index (Phi) is 8.36. The second-order valence-corrected chi connectivity index (χ2v) is 6.00. The van der Waals surface area contributed by atoms with Crippen LogP contribution in [0, 0.1) is 5.92 Å². The predicted octanol–water partition coefficient (Wildman–Crippen LogP) is 4.60. The molecule has 1 aromatic carbocycles. The Morgan fingerprint density at radius 2 is 1.85 bits per heavy atom. The largest absolute Gasteiger partial charge is 0.493 e. The van der Waals surface area contributed by atoms with Gasteiger partial charge in [-0.25, -0.2) is 0 Å². The summed E-state index contributed by atoms with van der Waals surface area (Å²) in [5.41, 5.74) is 1.34. The lowest BCUT2D eigenvalue weighted by Crippen LogP contribution is -2.21. The van der Waals surface area contributed by atoms with Gasteiger partial charge >= 0.3 is 0 Å². The first-order chi connectivity index (χ1) is 9.65. The van der Waals surface area contributed by atoms with Gasteiger partial charge in [-0.05, 0) is 55.8 Å². The second-order valence-electron chi connectivity index (χ2n) is 6.00. The molecule has 1 atom stereocenters. The molecule has 0 saturated carbocycles. The van der Waals surface area contributed by atoms with E-state index >= 15 is 0 Å². The fourth-order valence-electron chi connectivity index (χ4n) is 2.16. The van der Waals surface area contributed by atoms with E-state index in [2.05, 4.69) is 57.3 Å². The highest BCUT2D eigenvalue weighted by Gasteiger charge is 2.08. The van der Waals surface area contributed by atoms with Crippen molar-refractivity contribution in [1.82, 2.24) is 5.32 Å². The zero-order chi connectivity index (χ0) is 14.8. The minimum atomic E-state index is 0.568. The highest BCUT2D eigenvalue weighted by atomic mass is 16.5. The summed E-state index contributed by atoms with van der Waals surface area (Å²) in [6.07, 6.45) is 3.44. The van der Waals surface area contributed by atoms with E-state index in [9.17, 15) is 0 Å². The molecule has 1 rings (SSSR count). The van der Waals surface area contributed by atoms with Gasteiger partial charge < -0.3 is 10.1 Å². The molecular weight excluding hydrogens is 246 g/mol. The molecule has 0 aliphatic heterocycles. The highest BCUT2D eigenvalue weighted by Crippen LogP contribution is 2.28. The molecule has 0 aromatic heterocycles. The first-order valence-corrected chi connectivity index (χ1v) is 8.07. The lowest BCUT2D eigenvalue weighted by Gasteiger charge is -2.15. The van der Waals surface area contributed by atoms with Crippen LogP contribution < -0.4 is 10.1 Å². The van der Waals surface area contributed by atoms with E-state index in [-0.39, 0.29) is 0 Å². The van der Waals surface area contributed by atoms with E-state index in [1.165, 1.54) is 12.0 Å². The van der Waals surface area contributed by atoms with Crippen LogP contribution in [0.4, 0.5) is 0 Å². The third-order valence-corrected chi connectivity index (χ3v) is 3.62. The van der Waals surface area contributed by atoms with Gasteiger partial charge in [0.15, 0.2) is 0 Å². The fraction of sp³-hybridized carbons (Fsp3) is 0.667. The predicted molar refractivity (Wildman–Crippen MR) is 87.6 cm³/mol. The number of nitrogens with one attached hydrogen (secondary N) is 1. The van der Waals surface area contributed by atoms with Gasteiger partial charge in [0.1, 0.15) is 5.75 Å². The minimum absolute atomic E-state index is 0.568. The van der Waals surface area contributed by atoms with Gasteiger partial charge in [-0.1, -0.05) is 45.9 Å². The molecule has 0 spiro atoms. The third kappa shape index (κ3) is 6.42. The molecule has 2 heteroatoms. The van der Waals surface area contributed by atoms with Crippen molar-refractivity contribution in [3.05, 3.63) is 29.8 Å². The number of ether oxygens (including phenoxy) is 1.